The van der Waals surface area contributed by atoms with Gasteiger partial charge in [-0.2, -0.15) is 0 Å². The van der Waals surface area contributed by atoms with Crippen LogP contribution >= 0.6 is 15.9 Å². The van der Waals surface area contributed by atoms with Crippen LogP contribution in [-0.4, -0.2) is 5.33 Å². The molecule has 0 aliphatic heterocycles. The third-order valence-electron chi connectivity index (χ3n) is 6.13. The van der Waals surface area contributed by atoms with Gasteiger partial charge in [-0.25, -0.2) is 0 Å². The average Bonchev–Trinajstić information content (AvgIpc) is 2.57. The summed E-state index contributed by atoms with van der Waals surface area (Å²) < 4.78 is 0. The Morgan fingerprint density at radius 1 is 0.750 bits per heavy atom. The highest BCUT2D eigenvalue weighted by Gasteiger charge is 2.16. The minimum atomic E-state index is 1.09. The van der Waals surface area contributed by atoms with Crippen LogP contribution in [0.1, 0.15) is 56.5 Å². The predicted molar refractivity (Wildman–Crippen MR) is 109 cm³/mol. The van der Waals surface area contributed by atoms with Crippen molar-refractivity contribution >= 4 is 15.9 Å². The fourth-order valence-electron chi connectivity index (χ4n) is 4.21. The van der Waals surface area contributed by atoms with Crippen molar-refractivity contribution in [3.63, 3.8) is 0 Å². The van der Waals surface area contributed by atoms with Crippen LogP contribution in [0.4, 0.5) is 0 Å². The molecule has 0 atom stereocenters. The Bertz CT molecular complexity index is 755. The number of alkyl halides is 1. The van der Waals surface area contributed by atoms with Crippen LogP contribution < -0.4 is 0 Å². The second kappa shape index (κ2) is 7.44. The fourth-order valence-corrected chi connectivity index (χ4v) is 4.49. The molecule has 0 radical (unpaired) electrons. The summed E-state index contributed by atoms with van der Waals surface area (Å²) in [5.41, 5.74) is 13.9. The minimum absolute atomic E-state index is 1.09. The molecule has 0 saturated heterocycles. The summed E-state index contributed by atoms with van der Waals surface area (Å²) in [5.74, 6) is 0. The predicted octanol–water partition coefficient (Wildman–Crippen LogP) is 6.13. The molecule has 1 heteroatoms. The van der Waals surface area contributed by atoms with E-state index in [0.717, 1.165) is 24.6 Å². The van der Waals surface area contributed by atoms with Crippen molar-refractivity contribution in [3.8, 4) is 0 Å². The molecule has 128 valence electrons. The first-order chi connectivity index (χ1) is 11.5. The van der Waals surface area contributed by atoms with Crippen LogP contribution in [0.2, 0.25) is 0 Å². The van der Waals surface area contributed by atoms with Crippen LogP contribution in [0.5, 0.6) is 0 Å². The van der Waals surface area contributed by atoms with Crippen molar-refractivity contribution in [1.29, 1.82) is 0 Å². The molecule has 4 aliphatic carbocycles. The molecule has 4 bridgehead atoms. The van der Waals surface area contributed by atoms with Gasteiger partial charge in [0.2, 0.25) is 0 Å². The molecule has 0 aromatic heterocycles. The van der Waals surface area contributed by atoms with Crippen LogP contribution in [0, 0.1) is 27.7 Å². The number of hydrogen-bond donors (Lipinski definition) is 0. The van der Waals surface area contributed by atoms with Crippen molar-refractivity contribution < 1.29 is 0 Å². The SMILES string of the molecule is Cc1c2ccc(c1C)CCc1c(CCCBr)cc(c(C)c1C)CC2. The van der Waals surface area contributed by atoms with Crippen molar-refractivity contribution in [3.05, 3.63) is 68.3 Å². The number of benzene rings is 2. The Labute approximate surface area is 155 Å². The maximum absolute atomic E-state index is 3.61. The van der Waals surface area contributed by atoms with E-state index in [1.54, 1.807) is 22.3 Å². The van der Waals surface area contributed by atoms with E-state index in [1.807, 2.05) is 0 Å². The third-order valence-corrected chi connectivity index (χ3v) is 6.69. The Morgan fingerprint density at radius 3 is 1.92 bits per heavy atom. The molecular weight excluding hydrogens is 356 g/mol. The fraction of sp³-hybridized carbons (Fsp3) is 0.478. The number of rotatable bonds is 3. The lowest BCUT2D eigenvalue weighted by molar-refractivity contribution is 0.843. The van der Waals surface area contributed by atoms with Gasteiger partial charge < -0.3 is 0 Å². The van der Waals surface area contributed by atoms with Gasteiger partial charge in [0.05, 0.1) is 0 Å². The van der Waals surface area contributed by atoms with Gasteiger partial charge in [-0.15, -0.1) is 0 Å². The molecule has 0 heterocycles. The first kappa shape index (κ1) is 17.7. The standard InChI is InChI=1S/C23H29Br/c1-15-16(2)20-8-7-19(15)9-10-21-14-22(6-5-13-24)23(12-11-20)18(4)17(21)3/h7-8,14H,5-6,9-13H2,1-4H3. The number of aryl methyl sites for hydroxylation is 4. The number of hydrogen-bond acceptors (Lipinski definition) is 0. The van der Waals surface area contributed by atoms with Gasteiger partial charge in [-0.3, -0.25) is 0 Å². The van der Waals surface area contributed by atoms with Gasteiger partial charge in [0, 0.05) is 5.33 Å². The van der Waals surface area contributed by atoms with Crippen LogP contribution in [0.15, 0.2) is 18.2 Å². The minimum Gasteiger partial charge on any atom is -0.0928 e. The summed E-state index contributed by atoms with van der Waals surface area (Å²) in [5, 5.41) is 1.09. The molecule has 0 spiro atoms. The molecular formula is C23H29Br. The zero-order valence-electron chi connectivity index (χ0n) is 15.6. The highest BCUT2D eigenvalue weighted by molar-refractivity contribution is 9.09. The lowest BCUT2D eigenvalue weighted by Gasteiger charge is -2.22. The summed E-state index contributed by atoms with van der Waals surface area (Å²) in [7, 11) is 0. The van der Waals surface area contributed by atoms with Gasteiger partial charge >= 0.3 is 0 Å². The third kappa shape index (κ3) is 3.33. The molecule has 0 amide bonds. The Balaban J connectivity index is 2.09. The first-order valence-corrected chi connectivity index (χ1v) is 10.4. The van der Waals surface area contributed by atoms with E-state index < -0.39 is 0 Å². The highest BCUT2D eigenvalue weighted by Crippen LogP contribution is 2.29. The monoisotopic (exact) mass is 384 g/mol. The Morgan fingerprint density at radius 2 is 1.29 bits per heavy atom. The zero-order chi connectivity index (χ0) is 17.3. The summed E-state index contributed by atoms with van der Waals surface area (Å²) in [6.07, 6.45) is 7.07. The van der Waals surface area contributed by atoms with E-state index in [4.69, 9.17) is 0 Å². The van der Waals surface area contributed by atoms with E-state index in [9.17, 15) is 0 Å². The molecule has 0 unspecified atom stereocenters. The molecule has 4 aliphatic rings. The van der Waals surface area contributed by atoms with Gasteiger partial charge in [-0.1, -0.05) is 34.1 Å². The van der Waals surface area contributed by atoms with Gasteiger partial charge in [0.25, 0.3) is 0 Å². The van der Waals surface area contributed by atoms with E-state index in [1.165, 1.54) is 47.1 Å². The highest BCUT2D eigenvalue weighted by atomic mass is 79.9. The van der Waals surface area contributed by atoms with Crippen LogP contribution in [-0.2, 0) is 32.1 Å². The molecule has 2 aromatic carbocycles. The molecule has 0 nitrogen and oxygen atoms in total. The van der Waals surface area contributed by atoms with Crippen molar-refractivity contribution in [1.82, 2.24) is 0 Å². The first-order valence-electron chi connectivity index (χ1n) is 9.27. The van der Waals surface area contributed by atoms with E-state index in [2.05, 4.69) is 61.8 Å². The summed E-state index contributed by atoms with van der Waals surface area (Å²) >= 11 is 3.61. The lowest BCUT2D eigenvalue weighted by atomic mass is 9.83. The van der Waals surface area contributed by atoms with Crippen molar-refractivity contribution in [2.75, 3.05) is 5.33 Å². The molecule has 0 N–H and O–H groups in total. The van der Waals surface area contributed by atoms with Crippen LogP contribution in [0.25, 0.3) is 0 Å². The quantitative estimate of drug-likeness (QED) is 0.558. The van der Waals surface area contributed by atoms with Gasteiger partial charge in [0.1, 0.15) is 0 Å². The summed E-state index contributed by atoms with van der Waals surface area (Å²) in [6.45, 7) is 9.29. The Kier molecular flexibility index (Phi) is 5.49. The largest absolute Gasteiger partial charge is 0.0928 e. The molecule has 24 heavy (non-hydrogen) atoms. The van der Waals surface area contributed by atoms with Crippen molar-refractivity contribution in [2.24, 2.45) is 0 Å². The summed E-state index contributed by atoms with van der Waals surface area (Å²) in [4.78, 5) is 0. The maximum Gasteiger partial charge on any atom is 0.00344 e. The zero-order valence-corrected chi connectivity index (χ0v) is 17.1. The topological polar surface area (TPSA) is 0 Å². The molecule has 2 aromatic rings. The second-order valence-corrected chi connectivity index (χ2v) is 8.14. The average molecular weight is 385 g/mol. The lowest BCUT2D eigenvalue weighted by Crippen LogP contribution is -2.09. The molecule has 6 rings (SSSR count). The van der Waals surface area contributed by atoms with Crippen molar-refractivity contribution in [2.45, 2.75) is 66.2 Å². The number of halogens is 1. The van der Waals surface area contributed by atoms with Gasteiger partial charge in [-0.05, 0) is 116 Å². The van der Waals surface area contributed by atoms with Gasteiger partial charge in [0.15, 0.2) is 0 Å². The second-order valence-electron chi connectivity index (χ2n) is 7.35. The normalized spacial score (nSPS) is 13.9. The Hall–Kier alpha value is -1.08. The smallest absolute Gasteiger partial charge is 0.00344 e. The molecule has 0 fully saturated rings. The van der Waals surface area contributed by atoms with Crippen LogP contribution in [0.3, 0.4) is 0 Å². The van der Waals surface area contributed by atoms with E-state index in [0.29, 0.717) is 0 Å². The van der Waals surface area contributed by atoms with E-state index >= 15 is 0 Å². The molecule has 0 saturated carbocycles. The summed E-state index contributed by atoms with van der Waals surface area (Å²) in [6, 6.07) is 7.28. The maximum atomic E-state index is 3.61. The van der Waals surface area contributed by atoms with E-state index in [-0.39, 0.29) is 0 Å².